The van der Waals surface area contributed by atoms with Crippen molar-refractivity contribution in [3.8, 4) is 0 Å². The van der Waals surface area contributed by atoms with Crippen LogP contribution in [0.15, 0.2) is 12.2 Å². The second kappa shape index (κ2) is 36.1. The second-order valence-corrected chi connectivity index (χ2v) is 15.1. The van der Waals surface area contributed by atoms with Crippen molar-refractivity contribution in [1.82, 2.24) is 0 Å². The topological polar surface area (TPSA) is 149 Å². The van der Waals surface area contributed by atoms with Gasteiger partial charge in [0.1, 0.15) is 12.2 Å². The standard InChI is InChI=1S/C39H75O10P/c1-3-5-7-9-11-13-15-16-17-18-19-21-23-25-27-29-31-39(43)49-37(33-41)35-47-50(44,45)46-34-36(32-40)48-38(42)30-28-26-24-22-20-14-12-10-8-6-4-2/h10,12,36-37,40-41H,3-9,11,13-35H2,1-2H3,(H,44,45)/b12-10-. The van der Waals surface area contributed by atoms with Crippen LogP contribution in [-0.4, -0.2) is 65.7 Å². The molecule has 0 heterocycles. The van der Waals surface area contributed by atoms with Crippen LogP contribution in [0.25, 0.3) is 0 Å². The van der Waals surface area contributed by atoms with Gasteiger partial charge in [0.25, 0.3) is 0 Å². The largest absolute Gasteiger partial charge is 0.472 e. The molecule has 0 bridgehead atoms. The van der Waals surface area contributed by atoms with Gasteiger partial charge in [0.2, 0.25) is 0 Å². The zero-order chi connectivity index (χ0) is 37.0. The van der Waals surface area contributed by atoms with E-state index >= 15 is 0 Å². The maximum atomic E-state index is 12.3. The van der Waals surface area contributed by atoms with Gasteiger partial charge in [-0.3, -0.25) is 18.6 Å². The monoisotopic (exact) mass is 735 g/mol. The Morgan fingerprint density at radius 3 is 1.20 bits per heavy atom. The first kappa shape index (κ1) is 48.7. The molecule has 0 spiro atoms. The van der Waals surface area contributed by atoms with Crippen LogP contribution in [0.4, 0.5) is 0 Å². The van der Waals surface area contributed by atoms with Crippen molar-refractivity contribution in [3.05, 3.63) is 12.2 Å². The van der Waals surface area contributed by atoms with E-state index in [-0.39, 0.29) is 12.8 Å². The molecule has 0 aromatic carbocycles. The van der Waals surface area contributed by atoms with E-state index < -0.39 is 58.4 Å². The molecule has 0 aliphatic rings. The predicted octanol–water partition coefficient (Wildman–Crippen LogP) is 10.1. The first-order chi connectivity index (χ1) is 24.3. The van der Waals surface area contributed by atoms with Crippen LogP contribution in [0.1, 0.15) is 187 Å². The van der Waals surface area contributed by atoms with E-state index in [1.807, 2.05) is 0 Å². The summed E-state index contributed by atoms with van der Waals surface area (Å²) in [6.45, 7) is 2.16. The summed E-state index contributed by atoms with van der Waals surface area (Å²) in [5.74, 6) is -1.02. The third-order valence-corrected chi connectivity index (χ3v) is 9.68. The number of aliphatic hydroxyl groups excluding tert-OH is 2. The van der Waals surface area contributed by atoms with Gasteiger partial charge >= 0.3 is 19.8 Å². The molecule has 296 valence electrons. The average molecular weight is 735 g/mol. The molecule has 3 unspecified atom stereocenters. The lowest BCUT2D eigenvalue weighted by molar-refractivity contribution is -0.153. The predicted molar refractivity (Wildman–Crippen MR) is 201 cm³/mol. The lowest BCUT2D eigenvalue weighted by Crippen LogP contribution is -2.28. The van der Waals surface area contributed by atoms with Gasteiger partial charge in [-0.2, -0.15) is 0 Å². The molecule has 0 aromatic heterocycles. The van der Waals surface area contributed by atoms with Crippen molar-refractivity contribution in [1.29, 1.82) is 0 Å². The Kier molecular flexibility index (Phi) is 35.2. The Morgan fingerprint density at radius 1 is 0.520 bits per heavy atom. The zero-order valence-electron chi connectivity index (χ0n) is 31.9. The number of carbonyl (C=O) groups excluding carboxylic acids is 2. The summed E-state index contributed by atoms with van der Waals surface area (Å²) >= 11 is 0. The number of carbonyl (C=O) groups is 2. The van der Waals surface area contributed by atoms with Gasteiger partial charge in [-0.1, -0.05) is 154 Å². The molecule has 0 amide bonds. The minimum Gasteiger partial charge on any atom is -0.457 e. The number of ether oxygens (including phenoxy) is 2. The summed E-state index contributed by atoms with van der Waals surface area (Å²) in [7, 11) is -4.63. The number of unbranched alkanes of at least 4 members (excludes halogenated alkanes) is 22. The van der Waals surface area contributed by atoms with Crippen LogP contribution >= 0.6 is 7.82 Å². The van der Waals surface area contributed by atoms with Crippen molar-refractivity contribution in [3.63, 3.8) is 0 Å². The molecule has 0 rings (SSSR count). The Hall–Kier alpha value is -1.29. The third-order valence-electron chi connectivity index (χ3n) is 8.73. The van der Waals surface area contributed by atoms with Crippen molar-refractivity contribution >= 4 is 19.8 Å². The Bertz CT molecular complexity index is 853. The number of phosphoric acid groups is 1. The Morgan fingerprint density at radius 2 is 0.840 bits per heavy atom. The smallest absolute Gasteiger partial charge is 0.457 e. The molecule has 3 N–H and O–H groups in total. The highest BCUT2D eigenvalue weighted by molar-refractivity contribution is 7.47. The van der Waals surface area contributed by atoms with Crippen molar-refractivity contribution in [2.24, 2.45) is 0 Å². The number of hydrogen-bond acceptors (Lipinski definition) is 9. The number of rotatable bonds is 38. The normalized spacial score (nSPS) is 14.1. The number of hydrogen-bond donors (Lipinski definition) is 3. The van der Waals surface area contributed by atoms with Crippen LogP contribution in [0.3, 0.4) is 0 Å². The maximum Gasteiger partial charge on any atom is 0.472 e. The molecule has 0 saturated heterocycles. The fourth-order valence-corrected chi connectivity index (χ4v) is 6.35. The number of esters is 2. The zero-order valence-corrected chi connectivity index (χ0v) is 32.8. The fraction of sp³-hybridized carbons (Fsp3) is 0.897. The minimum absolute atomic E-state index is 0.184. The molecule has 0 saturated carbocycles. The molecule has 0 aromatic rings. The van der Waals surface area contributed by atoms with Crippen molar-refractivity contribution in [2.45, 2.75) is 199 Å². The van der Waals surface area contributed by atoms with E-state index in [4.69, 9.17) is 18.5 Å². The maximum absolute atomic E-state index is 12.3. The van der Waals surface area contributed by atoms with Gasteiger partial charge in [0.05, 0.1) is 26.4 Å². The van der Waals surface area contributed by atoms with Crippen molar-refractivity contribution in [2.75, 3.05) is 26.4 Å². The molecule has 0 aliphatic heterocycles. The Labute approximate surface area is 305 Å². The highest BCUT2D eigenvalue weighted by Gasteiger charge is 2.27. The molecule has 0 radical (unpaired) electrons. The van der Waals surface area contributed by atoms with Gasteiger partial charge in [0, 0.05) is 12.8 Å². The Balaban J connectivity index is 3.93. The quantitative estimate of drug-likeness (QED) is 0.0242. The van der Waals surface area contributed by atoms with E-state index in [1.54, 1.807) is 0 Å². The highest BCUT2D eigenvalue weighted by atomic mass is 31.2. The van der Waals surface area contributed by atoms with E-state index in [0.29, 0.717) is 12.8 Å². The molecule has 0 aliphatic carbocycles. The van der Waals surface area contributed by atoms with Gasteiger partial charge in [0.15, 0.2) is 0 Å². The molecule has 11 heteroatoms. The van der Waals surface area contributed by atoms with Gasteiger partial charge in [-0.05, 0) is 32.1 Å². The summed E-state index contributed by atoms with van der Waals surface area (Å²) in [5, 5.41) is 19.1. The molecular weight excluding hydrogens is 659 g/mol. The third kappa shape index (κ3) is 33.8. The van der Waals surface area contributed by atoms with Crippen LogP contribution in [0.5, 0.6) is 0 Å². The fourth-order valence-electron chi connectivity index (χ4n) is 5.57. The number of allylic oxidation sites excluding steroid dienone is 2. The second-order valence-electron chi connectivity index (χ2n) is 13.6. The molecular formula is C39H75O10P. The van der Waals surface area contributed by atoms with E-state index in [0.717, 1.165) is 57.8 Å². The van der Waals surface area contributed by atoms with Gasteiger partial charge < -0.3 is 24.6 Å². The molecule has 10 nitrogen and oxygen atoms in total. The van der Waals surface area contributed by atoms with Crippen molar-refractivity contribution < 1.29 is 47.8 Å². The molecule has 50 heavy (non-hydrogen) atoms. The van der Waals surface area contributed by atoms with Crippen LogP contribution in [0.2, 0.25) is 0 Å². The number of aliphatic hydroxyl groups is 2. The summed E-state index contributed by atoms with van der Waals surface area (Å²) in [6, 6.07) is 0. The van der Waals surface area contributed by atoms with Crippen LogP contribution in [-0.2, 0) is 32.7 Å². The van der Waals surface area contributed by atoms with E-state index in [2.05, 4.69) is 26.0 Å². The van der Waals surface area contributed by atoms with Crippen LogP contribution < -0.4 is 0 Å². The minimum atomic E-state index is -4.63. The summed E-state index contributed by atoms with van der Waals surface area (Å²) in [4.78, 5) is 34.4. The summed E-state index contributed by atoms with van der Waals surface area (Å²) < 4.78 is 32.5. The lowest BCUT2D eigenvalue weighted by Gasteiger charge is -2.20. The average Bonchev–Trinajstić information content (AvgIpc) is 3.10. The number of phosphoric ester groups is 1. The van der Waals surface area contributed by atoms with Crippen LogP contribution in [0, 0.1) is 0 Å². The summed E-state index contributed by atoms with van der Waals surface area (Å²) in [6.07, 6.45) is 31.9. The van der Waals surface area contributed by atoms with E-state index in [9.17, 15) is 29.3 Å². The SMILES string of the molecule is CCCC/C=C\CCCCCCCC(=O)OC(CO)COP(=O)(O)OCC(CO)OC(=O)CCCCCCCCCCCCCCCCCC. The first-order valence-electron chi connectivity index (χ1n) is 20.1. The van der Waals surface area contributed by atoms with Gasteiger partial charge in [-0.25, -0.2) is 4.57 Å². The first-order valence-corrected chi connectivity index (χ1v) is 21.6. The highest BCUT2D eigenvalue weighted by Crippen LogP contribution is 2.43. The lowest BCUT2D eigenvalue weighted by atomic mass is 10.0. The van der Waals surface area contributed by atoms with Gasteiger partial charge in [-0.15, -0.1) is 0 Å². The molecule has 0 fully saturated rings. The summed E-state index contributed by atoms with van der Waals surface area (Å²) in [5.41, 5.74) is 0. The molecule has 3 atom stereocenters. The van der Waals surface area contributed by atoms with E-state index in [1.165, 1.54) is 89.9 Å².